The summed E-state index contributed by atoms with van der Waals surface area (Å²) in [6, 6.07) is -0.851. The SMILES string of the molecule is CCSC1=NC2C(C(=O)NC(=O)N2C)N1CCOC. The number of hydrogen-bond acceptors (Lipinski definition) is 6. The van der Waals surface area contributed by atoms with Gasteiger partial charge in [0.15, 0.2) is 17.4 Å². The zero-order valence-electron chi connectivity index (χ0n) is 11.3. The fourth-order valence-corrected chi connectivity index (χ4v) is 2.99. The van der Waals surface area contributed by atoms with Crippen LogP contribution in [0.15, 0.2) is 4.99 Å². The molecule has 1 saturated heterocycles. The number of nitrogens with one attached hydrogen (secondary N) is 1. The van der Waals surface area contributed by atoms with Gasteiger partial charge < -0.3 is 14.5 Å². The Balaban J connectivity index is 2.24. The number of nitrogens with zero attached hydrogens (tertiary/aromatic N) is 3. The van der Waals surface area contributed by atoms with E-state index in [4.69, 9.17) is 4.74 Å². The van der Waals surface area contributed by atoms with Crippen LogP contribution < -0.4 is 5.32 Å². The molecule has 106 valence electrons. The van der Waals surface area contributed by atoms with Gasteiger partial charge in [-0.25, -0.2) is 9.79 Å². The van der Waals surface area contributed by atoms with Crippen LogP contribution in [-0.2, 0) is 9.53 Å². The van der Waals surface area contributed by atoms with Crippen LogP contribution >= 0.6 is 11.8 Å². The van der Waals surface area contributed by atoms with Gasteiger partial charge in [0.05, 0.1) is 6.61 Å². The molecular weight excluding hydrogens is 268 g/mol. The number of rotatable bonds is 4. The number of carbonyl (C=O) groups excluding carboxylic acids is 2. The monoisotopic (exact) mass is 286 g/mol. The Hall–Kier alpha value is -1.28. The number of ether oxygens (including phenoxy) is 1. The molecule has 0 saturated carbocycles. The second-order valence-electron chi connectivity index (χ2n) is 4.29. The van der Waals surface area contributed by atoms with Crippen LogP contribution in [0.5, 0.6) is 0 Å². The van der Waals surface area contributed by atoms with E-state index in [2.05, 4.69) is 10.3 Å². The predicted molar refractivity (Wildman–Crippen MR) is 73.0 cm³/mol. The van der Waals surface area contributed by atoms with E-state index >= 15 is 0 Å². The molecule has 2 aliphatic rings. The van der Waals surface area contributed by atoms with E-state index in [0.29, 0.717) is 13.2 Å². The minimum atomic E-state index is -0.452. The number of amides is 3. The highest BCUT2D eigenvalue weighted by molar-refractivity contribution is 8.13. The number of carbonyl (C=O) groups is 2. The van der Waals surface area contributed by atoms with E-state index < -0.39 is 18.2 Å². The van der Waals surface area contributed by atoms with Gasteiger partial charge in [-0.15, -0.1) is 0 Å². The molecule has 7 nitrogen and oxygen atoms in total. The summed E-state index contributed by atoms with van der Waals surface area (Å²) in [7, 11) is 3.27. The lowest BCUT2D eigenvalue weighted by Gasteiger charge is -2.36. The molecule has 8 heteroatoms. The second kappa shape index (κ2) is 5.79. The topological polar surface area (TPSA) is 74.2 Å². The van der Waals surface area contributed by atoms with E-state index in [1.807, 2.05) is 11.8 Å². The normalized spacial score (nSPS) is 26.4. The Morgan fingerprint density at radius 3 is 2.84 bits per heavy atom. The van der Waals surface area contributed by atoms with Gasteiger partial charge in [-0.2, -0.15) is 0 Å². The Morgan fingerprint density at radius 2 is 2.21 bits per heavy atom. The molecule has 2 heterocycles. The van der Waals surface area contributed by atoms with Crippen molar-refractivity contribution in [2.45, 2.75) is 19.1 Å². The van der Waals surface area contributed by atoms with Crippen LogP contribution in [-0.4, -0.2) is 72.2 Å². The minimum absolute atomic E-state index is 0.292. The summed E-state index contributed by atoms with van der Waals surface area (Å²) in [5.74, 6) is 0.570. The standard InChI is InChI=1S/C11H18N4O3S/c1-4-19-11-12-8-7(15(11)5-6-18-3)9(16)13-10(17)14(8)2/h7-8H,4-6H2,1-3H3,(H,13,16,17). The fraction of sp³-hybridized carbons (Fsp3) is 0.727. The van der Waals surface area contributed by atoms with Crippen molar-refractivity contribution >= 4 is 28.9 Å². The first-order valence-electron chi connectivity index (χ1n) is 6.14. The van der Waals surface area contributed by atoms with Crippen molar-refractivity contribution in [2.24, 2.45) is 4.99 Å². The average molecular weight is 286 g/mol. The van der Waals surface area contributed by atoms with Crippen molar-refractivity contribution in [3.05, 3.63) is 0 Å². The van der Waals surface area contributed by atoms with Gasteiger partial charge in [0.25, 0.3) is 5.91 Å². The van der Waals surface area contributed by atoms with E-state index in [1.165, 1.54) is 4.90 Å². The summed E-state index contributed by atoms with van der Waals surface area (Å²) < 4.78 is 5.07. The molecule has 0 radical (unpaired) electrons. The summed E-state index contributed by atoms with van der Waals surface area (Å²) in [5.41, 5.74) is 0. The molecule has 3 amide bonds. The molecule has 0 aromatic heterocycles. The number of likely N-dealkylation sites (N-methyl/N-ethyl adjacent to an activating group) is 1. The maximum absolute atomic E-state index is 12.0. The fourth-order valence-electron chi connectivity index (χ4n) is 2.17. The second-order valence-corrected chi connectivity index (χ2v) is 5.53. The highest BCUT2D eigenvalue weighted by Gasteiger charge is 2.48. The van der Waals surface area contributed by atoms with Gasteiger partial charge in [0.1, 0.15) is 0 Å². The summed E-state index contributed by atoms with van der Waals surface area (Å²) >= 11 is 1.57. The number of aliphatic imine (C=N–C) groups is 1. The third-order valence-corrected chi connectivity index (χ3v) is 4.02. The summed E-state index contributed by atoms with van der Waals surface area (Å²) in [4.78, 5) is 31.5. The van der Waals surface area contributed by atoms with Crippen LogP contribution in [0, 0.1) is 0 Å². The average Bonchev–Trinajstić information content (AvgIpc) is 2.73. The van der Waals surface area contributed by atoms with Gasteiger partial charge in [0, 0.05) is 20.7 Å². The van der Waals surface area contributed by atoms with Crippen LogP contribution in [0.1, 0.15) is 6.92 Å². The number of imide groups is 1. The predicted octanol–water partition coefficient (Wildman–Crippen LogP) is -0.0662. The van der Waals surface area contributed by atoms with Crippen LogP contribution in [0.2, 0.25) is 0 Å². The van der Waals surface area contributed by atoms with Crippen molar-refractivity contribution in [1.82, 2.24) is 15.1 Å². The highest BCUT2D eigenvalue weighted by atomic mass is 32.2. The van der Waals surface area contributed by atoms with Crippen LogP contribution in [0.25, 0.3) is 0 Å². The highest BCUT2D eigenvalue weighted by Crippen LogP contribution is 2.27. The summed E-state index contributed by atoms with van der Waals surface area (Å²) in [6.07, 6.45) is -0.438. The molecule has 0 aromatic carbocycles. The maximum atomic E-state index is 12.0. The number of hydrogen-bond donors (Lipinski definition) is 1. The smallest absolute Gasteiger partial charge is 0.325 e. The molecule has 0 aromatic rings. The lowest BCUT2D eigenvalue weighted by atomic mass is 10.1. The van der Waals surface area contributed by atoms with Crippen molar-refractivity contribution in [3.8, 4) is 0 Å². The van der Waals surface area contributed by atoms with Crippen molar-refractivity contribution < 1.29 is 14.3 Å². The summed E-state index contributed by atoms with van der Waals surface area (Å²) in [6.45, 7) is 3.12. The molecular formula is C11H18N4O3S. The van der Waals surface area contributed by atoms with E-state index in [1.54, 1.807) is 25.9 Å². The number of methoxy groups -OCH3 is 1. The van der Waals surface area contributed by atoms with Gasteiger partial charge in [-0.1, -0.05) is 18.7 Å². The zero-order chi connectivity index (χ0) is 14.0. The van der Waals surface area contributed by atoms with E-state index in [-0.39, 0.29) is 5.91 Å². The number of fused-ring (bicyclic) bond motifs is 1. The Kier molecular flexibility index (Phi) is 4.31. The number of amidine groups is 1. The van der Waals surface area contributed by atoms with Gasteiger partial charge in [-0.3, -0.25) is 10.1 Å². The maximum Gasteiger partial charge on any atom is 0.325 e. The molecule has 2 rings (SSSR count). The molecule has 1 N–H and O–H groups in total. The molecule has 2 atom stereocenters. The lowest BCUT2D eigenvalue weighted by molar-refractivity contribution is -0.127. The van der Waals surface area contributed by atoms with Crippen molar-refractivity contribution in [2.75, 3.05) is 33.1 Å². The van der Waals surface area contributed by atoms with Gasteiger partial charge in [0.2, 0.25) is 0 Å². The quantitative estimate of drug-likeness (QED) is 0.783. The number of urea groups is 1. The minimum Gasteiger partial charge on any atom is -0.383 e. The molecule has 0 aliphatic carbocycles. The Morgan fingerprint density at radius 1 is 1.47 bits per heavy atom. The molecule has 2 aliphatic heterocycles. The zero-order valence-corrected chi connectivity index (χ0v) is 12.1. The van der Waals surface area contributed by atoms with Crippen molar-refractivity contribution in [1.29, 1.82) is 0 Å². The lowest BCUT2D eigenvalue weighted by Crippen LogP contribution is -2.63. The molecule has 1 fully saturated rings. The van der Waals surface area contributed by atoms with Crippen LogP contribution in [0.4, 0.5) is 4.79 Å². The summed E-state index contributed by atoms with van der Waals surface area (Å²) in [5, 5.41) is 3.15. The third kappa shape index (κ3) is 2.55. The van der Waals surface area contributed by atoms with Crippen molar-refractivity contribution in [3.63, 3.8) is 0 Å². The Bertz CT molecular complexity index is 415. The Labute approximate surface area is 116 Å². The first kappa shape index (κ1) is 14.1. The first-order chi connectivity index (χ1) is 9.10. The van der Waals surface area contributed by atoms with Gasteiger partial charge in [-0.05, 0) is 5.75 Å². The van der Waals surface area contributed by atoms with E-state index in [0.717, 1.165) is 10.9 Å². The van der Waals surface area contributed by atoms with Gasteiger partial charge >= 0.3 is 6.03 Å². The van der Waals surface area contributed by atoms with Crippen LogP contribution in [0.3, 0.4) is 0 Å². The molecule has 2 unspecified atom stereocenters. The third-order valence-electron chi connectivity index (χ3n) is 3.13. The first-order valence-corrected chi connectivity index (χ1v) is 7.12. The van der Waals surface area contributed by atoms with E-state index in [9.17, 15) is 9.59 Å². The number of thioether (sulfide) groups is 1. The largest absolute Gasteiger partial charge is 0.383 e. The molecule has 0 bridgehead atoms. The molecule has 19 heavy (non-hydrogen) atoms. The molecule has 0 spiro atoms.